The second-order valence-corrected chi connectivity index (χ2v) is 18.6. The molecule has 3 aliphatic carbocycles. The number of fused-ring (bicyclic) bond motifs is 9. The summed E-state index contributed by atoms with van der Waals surface area (Å²) >= 11 is 0. The van der Waals surface area contributed by atoms with Crippen molar-refractivity contribution in [2.24, 2.45) is 5.92 Å². The average Bonchev–Trinajstić information content (AvgIpc) is 3.96. The van der Waals surface area contributed by atoms with Gasteiger partial charge in [-0.2, -0.15) is 0 Å². The Hall–Kier alpha value is -7.75. The molecule has 1 aliphatic heterocycles. The molecule has 3 unspecified atom stereocenters. The molecule has 13 rings (SSSR count). The number of aromatic nitrogens is 2. The van der Waals surface area contributed by atoms with Gasteiger partial charge in [-0.05, 0) is 106 Å². The Labute approximate surface area is 380 Å². The number of hydrogen-bond donors (Lipinski definition) is 0. The molecular weight excluding hydrogens is 787 g/mol. The standard InChI is InChI=1S/C62H47N3/c1-62(2)54-36-44(45-37-56(40-16-6-3-7-17-40)63-57(38-45)41-18-8-4-9-19-41)26-30-48(54)49-31-29-47(39-55(49)62)65-59-25-15-13-23-51(59)53-35-43(28-33-61(53)65)42-27-32-60-52(34-42)50-22-12-14-24-58(50)64(60)46-20-10-5-11-21-46/h3-26,28-39,42,53,61H,27H2,1-2H3. The van der Waals surface area contributed by atoms with Crippen molar-refractivity contribution >= 4 is 34.4 Å². The molecule has 4 aliphatic rings. The van der Waals surface area contributed by atoms with E-state index in [4.69, 9.17) is 4.98 Å². The Morgan fingerprint density at radius 1 is 0.554 bits per heavy atom. The van der Waals surface area contributed by atoms with Crippen molar-refractivity contribution in [1.29, 1.82) is 0 Å². The zero-order chi connectivity index (χ0) is 43.2. The molecule has 0 saturated carbocycles. The number of nitrogens with zero attached hydrogens (tertiary/aromatic N) is 3. The van der Waals surface area contributed by atoms with Crippen LogP contribution in [0.3, 0.4) is 0 Å². The lowest BCUT2D eigenvalue weighted by atomic mass is 9.81. The van der Waals surface area contributed by atoms with Gasteiger partial charge in [0.1, 0.15) is 0 Å². The highest BCUT2D eigenvalue weighted by Crippen LogP contribution is 2.54. The van der Waals surface area contributed by atoms with Crippen LogP contribution >= 0.6 is 0 Å². The van der Waals surface area contributed by atoms with Gasteiger partial charge in [-0.3, -0.25) is 0 Å². The Balaban J connectivity index is 0.843. The van der Waals surface area contributed by atoms with Gasteiger partial charge in [0.05, 0.1) is 22.9 Å². The number of rotatable bonds is 6. The molecule has 3 heteroatoms. The Morgan fingerprint density at radius 3 is 1.95 bits per heavy atom. The van der Waals surface area contributed by atoms with Crippen molar-refractivity contribution in [1.82, 2.24) is 9.55 Å². The van der Waals surface area contributed by atoms with Crippen LogP contribution in [-0.2, 0) is 5.41 Å². The molecule has 0 spiro atoms. The monoisotopic (exact) mass is 833 g/mol. The summed E-state index contributed by atoms with van der Waals surface area (Å²) in [5, 5.41) is 3.95. The summed E-state index contributed by atoms with van der Waals surface area (Å²) in [5.41, 5.74) is 19.6. The zero-order valence-electron chi connectivity index (χ0n) is 36.6. The third-order valence-electron chi connectivity index (χ3n) is 14.6. The van der Waals surface area contributed by atoms with Crippen LogP contribution in [0.5, 0.6) is 0 Å². The van der Waals surface area contributed by atoms with Crippen LogP contribution < -0.4 is 15.5 Å². The van der Waals surface area contributed by atoms with E-state index >= 15 is 0 Å². The van der Waals surface area contributed by atoms with Gasteiger partial charge >= 0.3 is 0 Å². The van der Waals surface area contributed by atoms with Gasteiger partial charge < -0.3 is 9.47 Å². The van der Waals surface area contributed by atoms with Crippen LogP contribution in [0.2, 0.25) is 0 Å². The molecule has 65 heavy (non-hydrogen) atoms. The molecule has 9 aromatic rings. The lowest BCUT2D eigenvalue weighted by Gasteiger charge is -2.32. The van der Waals surface area contributed by atoms with Crippen LogP contribution in [0.15, 0.2) is 212 Å². The normalized spacial score (nSPS) is 18.5. The second kappa shape index (κ2) is 14.7. The van der Waals surface area contributed by atoms with Gasteiger partial charge in [0, 0.05) is 61.4 Å². The van der Waals surface area contributed by atoms with Gasteiger partial charge in [0.15, 0.2) is 0 Å². The van der Waals surface area contributed by atoms with Crippen LogP contribution in [-0.4, -0.2) is 15.6 Å². The van der Waals surface area contributed by atoms with Crippen molar-refractivity contribution in [3.8, 4) is 50.5 Å². The quantitative estimate of drug-likeness (QED) is 0.166. The summed E-state index contributed by atoms with van der Waals surface area (Å²) in [6.07, 6.45) is 13.5. The third-order valence-corrected chi connectivity index (χ3v) is 14.6. The lowest BCUT2D eigenvalue weighted by molar-refractivity contribution is 0.659. The smallest absolute Gasteiger partial charge is 0.0715 e. The summed E-state index contributed by atoms with van der Waals surface area (Å²) in [4.78, 5) is 7.77. The fourth-order valence-electron chi connectivity index (χ4n) is 11.4. The average molecular weight is 834 g/mol. The van der Waals surface area contributed by atoms with Gasteiger partial charge in [0.2, 0.25) is 0 Å². The topological polar surface area (TPSA) is 21.1 Å². The van der Waals surface area contributed by atoms with E-state index in [0.717, 1.165) is 28.9 Å². The predicted molar refractivity (Wildman–Crippen MR) is 270 cm³/mol. The van der Waals surface area contributed by atoms with Crippen molar-refractivity contribution < 1.29 is 0 Å². The molecule has 2 aromatic heterocycles. The SMILES string of the molecule is CC1(C)c2cc(-c3cc(-c4ccccc4)nc(-c4ccccc4)c3)ccc2-c2ccc(N3c4ccccc4C4C=C(C5C=c6c(n(-c7ccccc7)c7ccccc67)=CC5)C=CC43)cc21. The first-order valence-corrected chi connectivity index (χ1v) is 23.1. The van der Waals surface area contributed by atoms with E-state index in [2.05, 4.69) is 242 Å². The Morgan fingerprint density at radius 2 is 1.20 bits per heavy atom. The largest absolute Gasteiger partial charge is 0.333 e. The molecule has 0 fully saturated rings. The minimum atomic E-state index is -0.196. The molecule has 0 radical (unpaired) electrons. The maximum absolute atomic E-state index is 5.16. The molecule has 3 atom stereocenters. The first-order chi connectivity index (χ1) is 32.0. The number of pyridine rings is 1. The Kier molecular flexibility index (Phi) is 8.52. The number of anilines is 2. The van der Waals surface area contributed by atoms with Crippen LogP contribution in [0.25, 0.3) is 73.5 Å². The van der Waals surface area contributed by atoms with Gasteiger partial charge in [-0.25, -0.2) is 4.98 Å². The van der Waals surface area contributed by atoms with Gasteiger partial charge in [-0.1, -0.05) is 178 Å². The molecule has 0 saturated heterocycles. The molecule has 0 bridgehead atoms. The summed E-state index contributed by atoms with van der Waals surface area (Å²) in [5.74, 6) is 0.566. The fraction of sp³-hybridized carbons (Fsp3) is 0.113. The molecule has 7 aromatic carbocycles. The van der Waals surface area contributed by atoms with Crippen molar-refractivity contribution in [3.63, 3.8) is 0 Å². The van der Waals surface area contributed by atoms with Crippen molar-refractivity contribution in [2.45, 2.75) is 37.6 Å². The van der Waals surface area contributed by atoms with Gasteiger partial charge in [0.25, 0.3) is 0 Å². The fourth-order valence-corrected chi connectivity index (χ4v) is 11.4. The van der Waals surface area contributed by atoms with E-state index < -0.39 is 0 Å². The zero-order valence-corrected chi connectivity index (χ0v) is 36.6. The minimum Gasteiger partial charge on any atom is -0.333 e. The molecular formula is C62H47N3. The summed E-state index contributed by atoms with van der Waals surface area (Å²) in [7, 11) is 0. The second-order valence-electron chi connectivity index (χ2n) is 18.6. The van der Waals surface area contributed by atoms with Gasteiger partial charge in [-0.15, -0.1) is 0 Å². The van der Waals surface area contributed by atoms with Crippen molar-refractivity contribution in [3.05, 3.63) is 239 Å². The van der Waals surface area contributed by atoms with Crippen molar-refractivity contribution in [2.75, 3.05) is 4.90 Å². The summed E-state index contributed by atoms with van der Waals surface area (Å²) in [6, 6.07) is 68.8. The van der Waals surface area contributed by atoms with E-state index in [0.29, 0.717) is 5.92 Å². The number of para-hydroxylation sites is 3. The highest BCUT2D eigenvalue weighted by molar-refractivity contribution is 5.88. The summed E-state index contributed by atoms with van der Waals surface area (Å²) in [6.45, 7) is 4.80. The van der Waals surface area contributed by atoms with Crippen LogP contribution in [0.4, 0.5) is 11.4 Å². The third kappa shape index (κ3) is 5.99. The molecule has 310 valence electrons. The first-order valence-electron chi connectivity index (χ1n) is 23.1. The predicted octanol–water partition coefficient (Wildman–Crippen LogP) is 13.7. The van der Waals surface area contributed by atoms with Crippen LogP contribution in [0.1, 0.15) is 42.9 Å². The van der Waals surface area contributed by atoms with Crippen LogP contribution in [0, 0.1) is 5.92 Å². The number of benzene rings is 7. The molecule has 0 amide bonds. The summed E-state index contributed by atoms with van der Waals surface area (Å²) < 4.78 is 2.43. The minimum absolute atomic E-state index is 0.195. The van der Waals surface area contributed by atoms with E-state index in [1.54, 1.807) is 0 Å². The number of allylic oxidation sites excluding steroid dienone is 2. The maximum Gasteiger partial charge on any atom is 0.0715 e. The van der Waals surface area contributed by atoms with E-state index in [9.17, 15) is 0 Å². The highest BCUT2D eigenvalue weighted by atomic mass is 15.2. The molecule has 3 nitrogen and oxygen atoms in total. The highest BCUT2D eigenvalue weighted by Gasteiger charge is 2.41. The van der Waals surface area contributed by atoms with E-state index in [1.807, 2.05) is 0 Å². The number of hydrogen-bond acceptors (Lipinski definition) is 2. The van der Waals surface area contributed by atoms with E-state index in [-0.39, 0.29) is 17.4 Å². The van der Waals surface area contributed by atoms with E-state index in [1.165, 1.54) is 83.1 Å². The Bertz CT molecular complexity index is 3500. The molecule has 3 heterocycles. The lowest BCUT2D eigenvalue weighted by Crippen LogP contribution is -2.33. The first kappa shape index (κ1) is 37.8. The maximum atomic E-state index is 5.16. The molecule has 0 N–H and O–H groups in total.